The van der Waals surface area contributed by atoms with Crippen LogP contribution in [-0.2, 0) is 10.0 Å². The minimum atomic E-state index is -3.73. The first-order valence-electron chi connectivity index (χ1n) is 13.2. The van der Waals surface area contributed by atoms with E-state index in [4.69, 9.17) is 10.1 Å². The third-order valence-electron chi connectivity index (χ3n) is 7.02. The Morgan fingerprint density at radius 1 is 1.03 bits per heavy atom. The van der Waals surface area contributed by atoms with Crippen LogP contribution in [0, 0.1) is 6.92 Å². The Balaban J connectivity index is 1.47. The summed E-state index contributed by atoms with van der Waals surface area (Å²) in [6.07, 6.45) is 6.73. The molecule has 2 aromatic heterocycles. The van der Waals surface area contributed by atoms with Gasteiger partial charge in [0.2, 0.25) is 5.95 Å². The number of hydrogen-bond donors (Lipinski definition) is 3. The fourth-order valence-electron chi connectivity index (χ4n) is 4.78. The summed E-state index contributed by atoms with van der Waals surface area (Å²) in [7, 11) is -3.73. The van der Waals surface area contributed by atoms with Gasteiger partial charge in [0.25, 0.3) is 10.0 Å². The predicted molar refractivity (Wildman–Crippen MR) is 150 cm³/mol. The minimum Gasteiger partial charge on any atom is -0.393 e. The van der Waals surface area contributed by atoms with Crippen molar-refractivity contribution in [3.63, 3.8) is 0 Å². The van der Waals surface area contributed by atoms with Crippen molar-refractivity contribution >= 4 is 32.7 Å². The van der Waals surface area contributed by atoms with Gasteiger partial charge in [0.05, 0.1) is 22.4 Å². The van der Waals surface area contributed by atoms with E-state index in [1.807, 2.05) is 23.7 Å². The minimum absolute atomic E-state index is 0.131. The number of hydrogen-bond acceptors (Lipinski definition) is 7. The monoisotopic (exact) mass is 534 g/mol. The molecule has 0 aliphatic heterocycles. The van der Waals surface area contributed by atoms with Gasteiger partial charge in [-0.15, -0.1) is 0 Å². The maximum atomic E-state index is 13.0. The highest BCUT2D eigenvalue weighted by atomic mass is 32.2. The number of fused-ring (bicyclic) bond motifs is 1. The van der Waals surface area contributed by atoms with Crippen LogP contribution in [0.3, 0.4) is 0 Å². The van der Waals surface area contributed by atoms with Gasteiger partial charge in [0.15, 0.2) is 5.65 Å². The van der Waals surface area contributed by atoms with Gasteiger partial charge in [-0.2, -0.15) is 10.1 Å². The number of nitrogens with zero attached hydrogens (tertiary/aromatic N) is 4. The Morgan fingerprint density at radius 3 is 2.42 bits per heavy atom. The number of aliphatic hydroxyl groups is 1. The average molecular weight is 535 g/mol. The first-order chi connectivity index (χ1) is 18.3. The topological polar surface area (TPSA) is 122 Å². The molecule has 0 radical (unpaired) electrons. The highest BCUT2D eigenvalue weighted by molar-refractivity contribution is 7.92. The van der Waals surface area contributed by atoms with Crippen LogP contribution < -0.4 is 10.0 Å². The molecule has 0 amide bonds. The number of anilines is 2. The first kappa shape index (κ1) is 26.1. The van der Waals surface area contributed by atoms with Crippen molar-refractivity contribution in [2.24, 2.45) is 0 Å². The molecule has 3 N–H and O–H groups in total. The van der Waals surface area contributed by atoms with Crippen molar-refractivity contribution < 1.29 is 13.5 Å². The van der Waals surface area contributed by atoms with Gasteiger partial charge in [-0.25, -0.2) is 18.1 Å². The number of rotatable bonds is 9. The fourth-order valence-corrected chi connectivity index (χ4v) is 5.84. The lowest BCUT2D eigenvalue weighted by Crippen LogP contribution is -2.22. The van der Waals surface area contributed by atoms with Crippen LogP contribution >= 0.6 is 0 Å². The number of benzene rings is 2. The van der Waals surface area contributed by atoms with Gasteiger partial charge in [0, 0.05) is 24.0 Å². The van der Waals surface area contributed by atoms with E-state index >= 15 is 0 Å². The van der Waals surface area contributed by atoms with E-state index in [0.717, 1.165) is 67.2 Å². The Bertz CT molecular complexity index is 1490. The second-order valence-electron chi connectivity index (χ2n) is 9.96. The van der Waals surface area contributed by atoms with Crippen molar-refractivity contribution in [3.8, 4) is 11.3 Å². The number of sulfonamides is 1. The van der Waals surface area contributed by atoms with E-state index in [2.05, 4.69) is 21.9 Å². The van der Waals surface area contributed by atoms with E-state index in [-0.39, 0.29) is 17.0 Å². The van der Waals surface area contributed by atoms with Crippen molar-refractivity contribution in [1.82, 2.24) is 19.7 Å². The van der Waals surface area contributed by atoms with Crippen LogP contribution in [0.4, 0.5) is 11.6 Å². The summed E-state index contributed by atoms with van der Waals surface area (Å²) in [5.41, 5.74) is 3.81. The molecule has 0 spiro atoms. The maximum absolute atomic E-state index is 13.0. The predicted octanol–water partition coefficient (Wildman–Crippen LogP) is 5.29. The van der Waals surface area contributed by atoms with Crippen molar-refractivity contribution in [2.45, 2.75) is 69.4 Å². The Morgan fingerprint density at radius 2 is 1.74 bits per heavy atom. The van der Waals surface area contributed by atoms with E-state index < -0.39 is 10.0 Å². The molecule has 1 aliphatic carbocycles. The number of aryl methyl sites for hydroxylation is 1. The van der Waals surface area contributed by atoms with E-state index in [1.54, 1.807) is 42.6 Å². The van der Waals surface area contributed by atoms with Gasteiger partial charge >= 0.3 is 0 Å². The molecule has 0 saturated heterocycles. The quantitative estimate of drug-likeness (QED) is 0.249. The zero-order valence-corrected chi connectivity index (χ0v) is 22.6. The van der Waals surface area contributed by atoms with Gasteiger partial charge < -0.3 is 10.4 Å². The number of aromatic nitrogens is 4. The fraction of sp³-hybridized carbons (Fsp3) is 0.393. The summed E-state index contributed by atoms with van der Waals surface area (Å²) < 4.78 is 30.5. The Kier molecular flexibility index (Phi) is 7.62. The smallest absolute Gasteiger partial charge is 0.261 e. The molecule has 38 heavy (non-hydrogen) atoms. The molecule has 0 bridgehead atoms. The van der Waals surface area contributed by atoms with E-state index in [0.29, 0.717) is 17.3 Å². The van der Waals surface area contributed by atoms with Crippen LogP contribution in [0.2, 0.25) is 0 Å². The van der Waals surface area contributed by atoms with Crippen LogP contribution in [0.5, 0.6) is 0 Å². The van der Waals surface area contributed by atoms with Gasteiger partial charge in [-0.05, 0) is 63.3 Å². The molecule has 2 heterocycles. The lowest BCUT2D eigenvalue weighted by Gasteiger charge is -2.25. The molecule has 2 aromatic carbocycles. The first-order valence-corrected chi connectivity index (χ1v) is 14.7. The van der Waals surface area contributed by atoms with Crippen LogP contribution in [0.25, 0.3) is 22.3 Å². The molecule has 9 nitrogen and oxygen atoms in total. The highest BCUT2D eigenvalue weighted by Gasteiger charge is 2.26. The SMILES string of the molecule is CCCCNc1ncc2c(-c3ccc(S(=O)(=O)Nc4ccc(C)cc4)cc3)nn([C@H]3CC[C@H](O)CC3)c2n1. The lowest BCUT2D eigenvalue weighted by molar-refractivity contribution is 0.109. The third kappa shape index (κ3) is 5.66. The largest absolute Gasteiger partial charge is 0.393 e. The molecular formula is C28H34N6O3S. The van der Waals surface area contributed by atoms with E-state index in [1.165, 1.54) is 0 Å². The Hall–Kier alpha value is -3.50. The van der Waals surface area contributed by atoms with Gasteiger partial charge in [-0.3, -0.25) is 4.72 Å². The summed E-state index contributed by atoms with van der Waals surface area (Å²) >= 11 is 0. The second kappa shape index (κ2) is 11.1. The van der Waals surface area contributed by atoms with Crippen molar-refractivity contribution in [2.75, 3.05) is 16.6 Å². The summed E-state index contributed by atoms with van der Waals surface area (Å²) in [6, 6.07) is 14.1. The van der Waals surface area contributed by atoms with Crippen molar-refractivity contribution in [3.05, 3.63) is 60.3 Å². The summed E-state index contributed by atoms with van der Waals surface area (Å²) in [5, 5.41) is 19.1. The highest BCUT2D eigenvalue weighted by Crippen LogP contribution is 2.35. The molecule has 5 rings (SSSR count). The third-order valence-corrected chi connectivity index (χ3v) is 8.41. The number of nitrogens with one attached hydrogen (secondary N) is 2. The molecule has 0 atom stereocenters. The molecule has 10 heteroatoms. The second-order valence-corrected chi connectivity index (χ2v) is 11.6. The standard InChI is InChI=1S/C28H34N6O3S/c1-3-4-17-29-28-30-18-25-26(32-34(27(25)31-28)22-11-13-23(35)14-12-22)20-7-15-24(16-8-20)38(36,37)33-21-9-5-19(2)6-10-21/h5-10,15-16,18,22-23,33,35H,3-4,11-14,17H2,1-2H3,(H,29,30,31)/t22-,23-. The van der Waals surface area contributed by atoms with Crippen LogP contribution in [0.15, 0.2) is 59.6 Å². The molecule has 1 saturated carbocycles. The molecule has 200 valence electrons. The van der Waals surface area contributed by atoms with Gasteiger partial charge in [-0.1, -0.05) is 43.2 Å². The summed E-state index contributed by atoms with van der Waals surface area (Å²) in [5.74, 6) is 0.568. The average Bonchev–Trinajstić information content (AvgIpc) is 3.29. The lowest BCUT2D eigenvalue weighted by atomic mass is 9.93. The number of aliphatic hydroxyl groups excluding tert-OH is 1. The van der Waals surface area contributed by atoms with Crippen LogP contribution in [0.1, 0.15) is 57.1 Å². The summed E-state index contributed by atoms with van der Waals surface area (Å²) in [6.45, 7) is 4.89. The maximum Gasteiger partial charge on any atom is 0.261 e. The van der Waals surface area contributed by atoms with Crippen LogP contribution in [-0.4, -0.2) is 45.9 Å². The normalized spacial score (nSPS) is 18.0. The van der Waals surface area contributed by atoms with E-state index in [9.17, 15) is 13.5 Å². The zero-order valence-electron chi connectivity index (χ0n) is 21.8. The zero-order chi connectivity index (χ0) is 26.7. The molecule has 1 aliphatic rings. The number of unbranched alkanes of at least 4 members (excludes halogenated alkanes) is 1. The van der Waals surface area contributed by atoms with Gasteiger partial charge in [0.1, 0.15) is 5.69 Å². The molecule has 4 aromatic rings. The Labute approximate surface area is 223 Å². The molecule has 1 fully saturated rings. The molecular weight excluding hydrogens is 500 g/mol. The summed E-state index contributed by atoms with van der Waals surface area (Å²) in [4.78, 5) is 9.50. The van der Waals surface area contributed by atoms with Crippen molar-refractivity contribution in [1.29, 1.82) is 0 Å². The molecule has 0 unspecified atom stereocenters.